The molecule has 1 heterocycles. The molecular weight excluding hydrogens is 250 g/mol. The van der Waals surface area contributed by atoms with Gasteiger partial charge in [-0.3, -0.25) is 4.99 Å². The van der Waals surface area contributed by atoms with Crippen molar-refractivity contribution in [2.45, 2.75) is 27.2 Å². The van der Waals surface area contributed by atoms with Crippen molar-refractivity contribution < 1.29 is 8.42 Å². The average Bonchev–Trinajstić information content (AvgIpc) is 2.65. The molecule has 0 aromatic carbocycles. The summed E-state index contributed by atoms with van der Waals surface area (Å²) >= 11 is 0. The lowest BCUT2D eigenvalue weighted by atomic mass is 9.93. The van der Waals surface area contributed by atoms with Gasteiger partial charge in [0.15, 0.2) is 15.8 Å². The number of nitrogens with zero attached hydrogens (tertiary/aromatic N) is 2. The second-order valence-electron chi connectivity index (χ2n) is 5.55. The minimum absolute atomic E-state index is 0.166. The molecule has 0 spiro atoms. The summed E-state index contributed by atoms with van der Waals surface area (Å²) in [5, 5.41) is 3.14. The van der Waals surface area contributed by atoms with Crippen molar-refractivity contribution in [2.75, 3.05) is 38.2 Å². The molecule has 0 unspecified atom stereocenters. The third-order valence-corrected chi connectivity index (χ3v) is 5.03. The molecule has 0 amide bonds. The normalized spacial score (nSPS) is 20.2. The lowest BCUT2D eigenvalue weighted by Gasteiger charge is -2.23. The molecule has 18 heavy (non-hydrogen) atoms. The molecule has 5 nitrogen and oxygen atoms in total. The topological polar surface area (TPSA) is 61.8 Å². The highest BCUT2D eigenvalue weighted by atomic mass is 32.2. The van der Waals surface area contributed by atoms with E-state index in [2.05, 4.69) is 29.1 Å². The van der Waals surface area contributed by atoms with Crippen LogP contribution in [-0.2, 0) is 9.84 Å². The van der Waals surface area contributed by atoms with Gasteiger partial charge in [0.25, 0.3) is 0 Å². The zero-order valence-electron chi connectivity index (χ0n) is 11.9. The molecule has 1 aliphatic heterocycles. The van der Waals surface area contributed by atoms with Crippen molar-refractivity contribution in [2.24, 2.45) is 10.4 Å². The van der Waals surface area contributed by atoms with Crippen molar-refractivity contribution in [3.8, 4) is 0 Å². The van der Waals surface area contributed by atoms with Crippen LogP contribution in [0.5, 0.6) is 0 Å². The van der Waals surface area contributed by atoms with Crippen molar-refractivity contribution >= 4 is 15.8 Å². The van der Waals surface area contributed by atoms with E-state index in [0.717, 1.165) is 25.5 Å². The standard InChI is InChI=1S/C12H25N3O2S/c1-5-18(16,17)9-7-14-11(13-4)15-8-6-12(2,3)10-15/h5-10H2,1-4H3,(H,13,14). The summed E-state index contributed by atoms with van der Waals surface area (Å²) in [6.45, 7) is 8.52. The summed E-state index contributed by atoms with van der Waals surface area (Å²) in [7, 11) is -1.17. The van der Waals surface area contributed by atoms with Crippen LogP contribution in [0.15, 0.2) is 4.99 Å². The van der Waals surface area contributed by atoms with Crippen LogP contribution in [-0.4, -0.2) is 57.5 Å². The number of hydrogen-bond acceptors (Lipinski definition) is 3. The molecule has 0 aromatic heterocycles. The second kappa shape index (κ2) is 5.91. The van der Waals surface area contributed by atoms with Crippen LogP contribution in [0, 0.1) is 5.41 Å². The van der Waals surface area contributed by atoms with Crippen molar-refractivity contribution in [3.63, 3.8) is 0 Å². The van der Waals surface area contributed by atoms with Gasteiger partial charge in [-0.15, -0.1) is 0 Å². The molecule has 1 N–H and O–H groups in total. The maximum atomic E-state index is 11.4. The van der Waals surface area contributed by atoms with Crippen molar-refractivity contribution in [1.29, 1.82) is 0 Å². The highest BCUT2D eigenvalue weighted by molar-refractivity contribution is 7.91. The van der Waals surface area contributed by atoms with Gasteiger partial charge in [-0.1, -0.05) is 20.8 Å². The summed E-state index contributed by atoms with van der Waals surface area (Å²) in [5.41, 5.74) is 0.313. The zero-order chi connectivity index (χ0) is 13.8. The summed E-state index contributed by atoms with van der Waals surface area (Å²) in [6.07, 6.45) is 1.14. The molecule has 0 saturated carbocycles. The van der Waals surface area contributed by atoms with E-state index < -0.39 is 9.84 Å². The van der Waals surface area contributed by atoms with E-state index in [-0.39, 0.29) is 11.5 Å². The lowest BCUT2D eigenvalue weighted by Crippen LogP contribution is -2.42. The van der Waals surface area contributed by atoms with Gasteiger partial charge in [-0.05, 0) is 11.8 Å². The second-order valence-corrected chi connectivity index (χ2v) is 8.02. The number of likely N-dealkylation sites (tertiary alicyclic amines) is 1. The molecule has 1 rings (SSSR count). The maximum absolute atomic E-state index is 11.4. The Kier molecular flexibility index (Phi) is 5.01. The Morgan fingerprint density at radius 2 is 2.11 bits per heavy atom. The third-order valence-electron chi connectivity index (χ3n) is 3.32. The van der Waals surface area contributed by atoms with E-state index in [9.17, 15) is 8.42 Å². The molecule has 0 aromatic rings. The molecule has 0 radical (unpaired) electrons. The molecule has 106 valence electrons. The number of nitrogens with one attached hydrogen (secondary N) is 1. The van der Waals surface area contributed by atoms with Crippen LogP contribution in [0.25, 0.3) is 0 Å². The summed E-state index contributed by atoms with van der Waals surface area (Å²) < 4.78 is 22.8. The maximum Gasteiger partial charge on any atom is 0.193 e. The molecule has 0 atom stereocenters. The van der Waals surface area contributed by atoms with E-state index >= 15 is 0 Å². The number of sulfone groups is 1. The largest absolute Gasteiger partial charge is 0.355 e. The number of guanidine groups is 1. The first-order valence-electron chi connectivity index (χ1n) is 6.46. The van der Waals surface area contributed by atoms with Crippen LogP contribution in [0.1, 0.15) is 27.2 Å². The van der Waals surface area contributed by atoms with Crippen LogP contribution in [0.3, 0.4) is 0 Å². The van der Waals surface area contributed by atoms with Gasteiger partial charge < -0.3 is 10.2 Å². The molecular formula is C12H25N3O2S. The van der Waals surface area contributed by atoms with Crippen LogP contribution in [0.4, 0.5) is 0 Å². The third kappa shape index (κ3) is 4.48. The number of aliphatic imine (C=N–C) groups is 1. The number of rotatable bonds is 4. The van der Waals surface area contributed by atoms with Gasteiger partial charge in [0, 0.05) is 32.4 Å². The van der Waals surface area contributed by atoms with Gasteiger partial charge in [0.1, 0.15) is 0 Å². The Balaban J connectivity index is 2.45. The Morgan fingerprint density at radius 1 is 1.44 bits per heavy atom. The first kappa shape index (κ1) is 15.3. The first-order valence-corrected chi connectivity index (χ1v) is 8.28. The Bertz CT molecular complexity index is 402. The minimum Gasteiger partial charge on any atom is -0.355 e. The smallest absolute Gasteiger partial charge is 0.193 e. The number of hydrogen-bond donors (Lipinski definition) is 1. The summed E-state index contributed by atoms with van der Waals surface area (Å²) in [5.74, 6) is 1.18. The highest BCUT2D eigenvalue weighted by Crippen LogP contribution is 2.28. The van der Waals surface area contributed by atoms with Gasteiger partial charge in [0.2, 0.25) is 0 Å². The van der Waals surface area contributed by atoms with Gasteiger partial charge in [-0.2, -0.15) is 0 Å². The SMILES string of the molecule is CCS(=O)(=O)CCNC(=NC)N1CCC(C)(C)C1. The fourth-order valence-electron chi connectivity index (χ4n) is 2.09. The average molecular weight is 275 g/mol. The fraction of sp³-hybridized carbons (Fsp3) is 0.917. The Hall–Kier alpha value is -0.780. The molecule has 1 saturated heterocycles. The van der Waals surface area contributed by atoms with E-state index in [1.807, 2.05) is 0 Å². The lowest BCUT2D eigenvalue weighted by molar-refractivity contribution is 0.370. The van der Waals surface area contributed by atoms with Gasteiger partial charge in [0.05, 0.1) is 5.75 Å². The van der Waals surface area contributed by atoms with Crippen LogP contribution in [0.2, 0.25) is 0 Å². The van der Waals surface area contributed by atoms with Gasteiger partial charge in [-0.25, -0.2) is 8.42 Å². The zero-order valence-corrected chi connectivity index (χ0v) is 12.7. The molecule has 6 heteroatoms. The molecule has 1 aliphatic rings. The fourth-order valence-corrected chi connectivity index (χ4v) is 2.79. The minimum atomic E-state index is -2.91. The van der Waals surface area contributed by atoms with Crippen LogP contribution < -0.4 is 5.32 Å². The Morgan fingerprint density at radius 3 is 2.56 bits per heavy atom. The predicted octanol–water partition coefficient (Wildman–Crippen LogP) is 0.728. The van der Waals surface area contributed by atoms with E-state index in [1.165, 1.54) is 0 Å². The summed E-state index contributed by atoms with van der Waals surface area (Å²) in [4.78, 5) is 6.41. The van der Waals surface area contributed by atoms with Crippen molar-refractivity contribution in [1.82, 2.24) is 10.2 Å². The van der Waals surface area contributed by atoms with E-state index in [0.29, 0.717) is 12.0 Å². The quantitative estimate of drug-likeness (QED) is 0.607. The Labute approximate surface area is 111 Å². The highest BCUT2D eigenvalue weighted by Gasteiger charge is 2.30. The molecule has 0 aliphatic carbocycles. The molecule has 1 fully saturated rings. The van der Waals surface area contributed by atoms with Crippen LogP contribution >= 0.6 is 0 Å². The monoisotopic (exact) mass is 275 g/mol. The first-order chi connectivity index (χ1) is 8.29. The van der Waals surface area contributed by atoms with E-state index in [4.69, 9.17) is 0 Å². The van der Waals surface area contributed by atoms with Crippen molar-refractivity contribution in [3.05, 3.63) is 0 Å². The summed E-state index contributed by atoms with van der Waals surface area (Å²) in [6, 6.07) is 0. The van der Waals surface area contributed by atoms with E-state index in [1.54, 1.807) is 14.0 Å². The molecule has 0 bridgehead atoms. The predicted molar refractivity (Wildman–Crippen MR) is 75.7 cm³/mol. The van der Waals surface area contributed by atoms with Gasteiger partial charge >= 0.3 is 0 Å².